The van der Waals surface area contributed by atoms with Crippen molar-refractivity contribution in [1.82, 2.24) is 5.32 Å². The smallest absolute Gasteiger partial charge is 0.0400 e. The number of nitrogens with one attached hydrogen (secondary N) is 1. The van der Waals surface area contributed by atoms with E-state index in [4.69, 9.17) is 11.6 Å². The lowest BCUT2D eigenvalue weighted by Crippen LogP contribution is -2.40. The van der Waals surface area contributed by atoms with Crippen molar-refractivity contribution in [2.75, 3.05) is 5.88 Å². The van der Waals surface area contributed by atoms with Gasteiger partial charge < -0.3 is 5.32 Å². The number of benzene rings is 1. The molecule has 16 heavy (non-hydrogen) atoms. The molecule has 0 fully saturated rings. The zero-order valence-electron chi connectivity index (χ0n) is 9.59. The molecule has 1 N–H and O–H groups in total. The summed E-state index contributed by atoms with van der Waals surface area (Å²) in [4.78, 5) is 0. The average molecular weight is 254 g/mol. The van der Waals surface area contributed by atoms with E-state index in [2.05, 4.69) is 48.8 Å². The Kier molecular flexibility index (Phi) is 3.53. The molecule has 0 unspecified atom stereocenters. The number of alkyl halides is 1. The molecule has 1 aromatic heterocycles. The van der Waals surface area contributed by atoms with Gasteiger partial charge in [0.05, 0.1) is 0 Å². The standard InChI is InChI=1S/C13H16ClNS/c1-13(2,9-14)15-7-10-8-16-12-6-4-3-5-11(10)12/h3-6,8,15H,7,9H2,1-2H3. The molecule has 0 aliphatic carbocycles. The maximum atomic E-state index is 5.89. The molecule has 0 atom stereocenters. The lowest BCUT2D eigenvalue weighted by Gasteiger charge is -2.23. The maximum Gasteiger partial charge on any atom is 0.0400 e. The van der Waals surface area contributed by atoms with Gasteiger partial charge in [0.25, 0.3) is 0 Å². The molecule has 0 radical (unpaired) electrons. The van der Waals surface area contributed by atoms with Crippen molar-refractivity contribution in [2.24, 2.45) is 0 Å². The summed E-state index contributed by atoms with van der Waals surface area (Å²) in [5, 5.41) is 7.05. The van der Waals surface area contributed by atoms with Crippen LogP contribution in [-0.2, 0) is 6.54 Å². The summed E-state index contributed by atoms with van der Waals surface area (Å²) in [5.41, 5.74) is 1.35. The van der Waals surface area contributed by atoms with E-state index in [1.54, 1.807) is 11.3 Å². The van der Waals surface area contributed by atoms with Crippen molar-refractivity contribution >= 4 is 33.0 Å². The minimum absolute atomic E-state index is 0.00933. The van der Waals surface area contributed by atoms with Crippen LogP contribution >= 0.6 is 22.9 Å². The zero-order valence-corrected chi connectivity index (χ0v) is 11.2. The number of hydrogen-bond donors (Lipinski definition) is 1. The summed E-state index contributed by atoms with van der Waals surface area (Å²) < 4.78 is 1.35. The monoisotopic (exact) mass is 253 g/mol. The lowest BCUT2D eigenvalue weighted by atomic mass is 10.1. The third-order valence-electron chi connectivity index (χ3n) is 2.65. The lowest BCUT2D eigenvalue weighted by molar-refractivity contribution is 0.431. The van der Waals surface area contributed by atoms with E-state index in [0.29, 0.717) is 5.88 Å². The van der Waals surface area contributed by atoms with Gasteiger partial charge in [-0.25, -0.2) is 0 Å². The quantitative estimate of drug-likeness (QED) is 0.812. The van der Waals surface area contributed by atoms with Crippen molar-refractivity contribution in [1.29, 1.82) is 0 Å². The molecular formula is C13H16ClNS. The Balaban J connectivity index is 2.16. The van der Waals surface area contributed by atoms with Crippen molar-refractivity contribution in [3.63, 3.8) is 0 Å². The molecule has 0 saturated heterocycles. The normalized spacial score (nSPS) is 12.2. The molecular weight excluding hydrogens is 238 g/mol. The van der Waals surface area contributed by atoms with Crippen LogP contribution in [0.25, 0.3) is 10.1 Å². The number of hydrogen-bond acceptors (Lipinski definition) is 2. The first-order chi connectivity index (χ1) is 7.62. The van der Waals surface area contributed by atoms with Crippen LogP contribution in [0.5, 0.6) is 0 Å². The van der Waals surface area contributed by atoms with E-state index < -0.39 is 0 Å². The predicted octanol–water partition coefficient (Wildman–Crippen LogP) is 4.01. The van der Waals surface area contributed by atoms with Crippen molar-refractivity contribution < 1.29 is 0 Å². The highest BCUT2D eigenvalue weighted by atomic mass is 35.5. The number of fused-ring (bicyclic) bond motifs is 1. The maximum absolute atomic E-state index is 5.89. The van der Waals surface area contributed by atoms with E-state index >= 15 is 0 Å². The number of thiophene rings is 1. The second kappa shape index (κ2) is 4.74. The molecule has 0 amide bonds. The molecule has 0 aliphatic heterocycles. The second-order valence-corrected chi connectivity index (χ2v) is 5.81. The molecule has 1 aromatic carbocycles. The molecule has 3 heteroatoms. The zero-order chi connectivity index (χ0) is 11.6. The first-order valence-corrected chi connectivity index (χ1v) is 6.80. The first kappa shape index (κ1) is 11.9. The Bertz CT molecular complexity index is 475. The largest absolute Gasteiger partial charge is 0.306 e. The summed E-state index contributed by atoms with van der Waals surface area (Å²) >= 11 is 7.69. The Morgan fingerprint density at radius 1 is 1.31 bits per heavy atom. The van der Waals surface area contributed by atoms with Crippen LogP contribution in [0.1, 0.15) is 19.4 Å². The van der Waals surface area contributed by atoms with Gasteiger partial charge in [0.1, 0.15) is 0 Å². The molecule has 1 heterocycles. The molecule has 2 aromatic rings. The molecule has 86 valence electrons. The SMILES string of the molecule is CC(C)(CCl)NCc1csc2ccccc12. The number of halogens is 1. The fourth-order valence-electron chi connectivity index (χ4n) is 1.55. The van der Waals surface area contributed by atoms with Crippen LogP contribution in [0.4, 0.5) is 0 Å². The third-order valence-corrected chi connectivity index (χ3v) is 4.33. The molecule has 0 bridgehead atoms. The van der Waals surface area contributed by atoms with Gasteiger partial charge >= 0.3 is 0 Å². The summed E-state index contributed by atoms with van der Waals surface area (Å²) in [6.07, 6.45) is 0. The van der Waals surface area contributed by atoms with Gasteiger partial charge in [-0.2, -0.15) is 0 Å². The van der Waals surface area contributed by atoms with Gasteiger partial charge in [0.2, 0.25) is 0 Å². The van der Waals surface area contributed by atoms with E-state index in [9.17, 15) is 0 Å². The first-order valence-electron chi connectivity index (χ1n) is 5.38. The van der Waals surface area contributed by atoms with Crippen LogP contribution in [0.15, 0.2) is 29.6 Å². The van der Waals surface area contributed by atoms with Gasteiger partial charge in [0.15, 0.2) is 0 Å². The Hall–Kier alpha value is -0.570. The van der Waals surface area contributed by atoms with Gasteiger partial charge in [-0.1, -0.05) is 18.2 Å². The van der Waals surface area contributed by atoms with Crippen LogP contribution in [-0.4, -0.2) is 11.4 Å². The number of rotatable bonds is 4. The second-order valence-electron chi connectivity index (χ2n) is 4.63. The molecule has 2 rings (SSSR count). The van der Waals surface area contributed by atoms with Gasteiger partial charge in [0, 0.05) is 22.7 Å². The summed E-state index contributed by atoms with van der Waals surface area (Å²) in [6, 6.07) is 8.51. The van der Waals surface area contributed by atoms with Crippen molar-refractivity contribution in [2.45, 2.75) is 25.9 Å². The van der Waals surface area contributed by atoms with E-state index in [-0.39, 0.29) is 5.54 Å². The Labute approximate surface area is 105 Å². The van der Waals surface area contributed by atoms with Crippen molar-refractivity contribution in [3.8, 4) is 0 Å². The highest BCUT2D eigenvalue weighted by Crippen LogP contribution is 2.25. The summed E-state index contributed by atoms with van der Waals surface area (Å²) in [6.45, 7) is 5.12. The van der Waals surface area contributed by atoms with Crippen molar-refractivity contribution in [3.05, 3.63) is 35.2 Å². The van der Waals surface area contributed by atoms with Crippen LogP contribution in [0, 0.1) is 0 Å². The molecule has 0 aliphatic rings. The summed E-state index contributed by atoms with van der Waals surface area (Å²) in [5.74, 6) is 0.620. The summed E-state index contributed by atoms with van der Waals surface area (Å²) in [7, 11) is 0. The highest BCUT2D eigenvalue weighted by molar-refractivity contribution is 7.17. The minimum Gasteiger partial charge on any atom is -0.306 e. The van der Waals surface area contributed by atoms with Crippen LogP contribution < -0.4 is 5.32 Å². The predicted molar refractivity (Wildman–Crippen MR) is 73.5 cm³/mol. The van der Waals surface area contributed by atoms with E-state index in [1.807, 2.05) is 0 Å². The molecule has 0 spiro atoms. The van der Waals surface area contributed by atoms with Crippen LogP contribution in [0.2, 0.25) is 0 Å². The Morgan fingerprint density at radius 3 is 2.81 bits per heavy atom. The molecule has 1 nitrogen and oxygen atoms in total. The highest BCUT2D eigenvalue weighted by Gasteiger charge is 2.15. The van der Waals surface area contributed by atoms with Crippen LogP contribution in [0.3, 0.4) is 0 Å². The molecule has 0 saturated carbocycles. The van der Waals surface area contributed by atoms with E-state index in [0.717, 1.165) is 6.54 Å². The average Bonchev–Trinajstić information content (AvgIpc) is 2.70. The van der Waals surface area contributed by atoms with Gasteiger partial charge in [-0.15, -0.1) is 22.9 Å². The Morgan fingerprint density at radius 2 is 2.06 bits per heavy atom. The van der Waals surface area contributed by atoms with Gasteiger partial charge in [-0.3, -0.25) is 0 Å². The topological polar surface area (TPSA) is 12.0 Å². The van der Waals surface area contributed by atoms with E-state index in [1.165, 1.54) is 15.6 Å². The van der Waals surface area contributed by atoms with Gasteiger partial charge in [-0.05, 0) is 36.2 Å². The minimum atomic E-state index is -0.00933. The fourth-order valence-corrected chi connectivity index (χ4v) is 2.61. The fraction of sp³-hybridized carbons (Fsp3) is 0.385. The third kappa shape index (κ3) is 2.57.